The van der Waals surface area contributed by atoms with E-state index in [1.54, 1.807) is 0 Å². The van der Waals surface area contributed by atoms with Crippen molar-refractivity contribution in [3.63, 3.8) is 0 Å². The molecule has 0 aromatic rings. The Morgan fingerprint density at radius 3 is 1.82 bits per heavy atom. The van der Waals surface area contributed by atoms with Gasteiger partial charge in [0, 0.05) is 19.3 Å². The largest absolute Gasteiger partial charge is 0.460 e. The summed E-state index contributed by atoms with van der Waals surface area (Å²) in [5, 5.41) is 49.9. The van der Waals surface area contributed by atoms with E-state index in [0.29, 0.717) is 6.42 Å². The molecule has 0 saturated carbocycles. The Bertz CT molecular complexity index is 664. The Hall–Kier alpha value is -0.850. The van der Waals surface area contributed by atoms with E-state index in [9.17, 15) is 30.3 Å². The fourth-order valence-electron chi connectivity index (χ4n) is 5.45. The Balaban J connectivity index is 1.61. The monoisotopic (exact) mass is 576 g/mol. The van der Waals surface area contributed by atoms with Gasteiger partial charge in [-0.25, -0.2) is 0 Å². The minimum Gasteiger partial charge on any atom is -0.460 e. The third-order valence-corrected chi connectivity index (χ3v) is 8.01. The van der Waals surface area contributed by atoms with Gasteiger partial charge in [0.1, 0.15) is 24.9 Å². The molecule has 0 radical (unpaired) electrons. The van der Waals surface area contributed by atoms with Crippen LogP contribution in [0, 0.1) is 0 Å². The molecular formula is C30H56O10. The quantitative estimate of drug-likeness (QED) is 0.0955. The Morgan fingerprint density at radius 2 is 1.32 bits per heavy atom. The van der Waals surface area contributed by atoms with E-state index in [-0.39, 0.29) is 25.9 Å². The summed E-state index contributed by atoms with van der Waals surface area (Å²) in [6, 6.07) is 0. The number of aliphatic hydroxyl groups excluding tert-OH is 5. The molecular weight excluding hydrogens is 520 g/mol. The molecule has 2 saturated heterocycles. The van der Waals surface area contributed by atoms with Gasteiger partial charge in [0.25, 0.3) is 0 Å². The second-order valence-corrected chi connectivity index (χ2v) is 11.6. The molecule has 2 aliphatic rings. The smallest absolute Gasteiger partial charge is 0.305 e. The van der Waals surface area contributed by atoms with Gasteiger partial charge in [-0.3, -0.25) is 4.79 Å². The number of hydrogen-bond donors (Lipinski definition) is 5. The zero-order valence-electron chi connectivity index (χ0n) is 24.6. The molecule has 10 heteroatoms. The molecule has 0 aliphatic carbocycles. The van der Waals surface area contributed by atoms with Crippen LogP contribution in [0.25, 0.3) is 0 Å². The highest BCUT2D eigenvalue weighted by Gasteiger charge is 2.54. The fraction of sp³-hybridized carbons (Fsp3) is 0.967. The lowest BCUT2D eigenvalue weighted by Gasteiger charge is -2.41. The summed E-state index contributed by atoms with van der Waals surface area (Å²) >= 11 is 0. The van der Waals surface area contributed by atoms with Gasteiger partial charge < -0.3 is 44.5 Å². The SMILES string of the molecule is CCCCCCCCCCCCCCCCCC(=O)OC[C@@]1(OC2O[C@H](CO)C(O)CC2O)OC(CO)CC1O. The first-order chi connectivity index (χ1) is 19.3. The number of carbonyl (C=O) groups excluding carboxylic acids is 1. The molecule has 2 aliphatic heterocycles. The first-order valence-corrected chi connectivity index (χ1v) is 15.8. The molecule has 2 fully saturated rings. The van der Waals surface area contributed by atoms with Crippen LogP contribution in [0.15, 0.2) is 0 Å². The van der Waals surface area contributed by atoms with Crippen LogP contribution in [0.2, 0.25) is 0 Å². The van der Waals surface area contributed by atoms with E-state index < -0.39 is 61.8 Å². The van der Waals surface area contributed by atoms with E-state index >= 15 is 0 Å². The summed E-state index contributed by atoms with van der Waals surface area (Å²) in [5.74, 6) is -2.29. The molecule has 2 heterocycles. The highest BCUT2D eigenvalue weighted by atomic mass is 16.8. The predicted octanol–water partition coefficient (Wildman–Crippen LogP) is 3.48. The van der Waals surface area contributed by atoms with Gasteiger partial charge in [-0.1, -0.05) is 96.8 Å². The Labute approximate surface area is 240 Å². The first-order valence-electron chi connectivity index (χ1n) is 15.8. The van der Waals surface area contributed by atoms with Crippen LogP contribution in [-0.4, -0.2) is 93.9 Å². The maximum atomic E-state index is 12.4. The van der Waals surface area contributed by atoms with Crippen molar-refractivity contribution in [3.05, 3.63) is 0 Å². The third kappa shape index (κ3) is 12.6. The van der Waals surface area contributed by atoms with Crippen LogP contribution in [0.3, 0.4) is 0 Å². The molecule has 40 heavy (non-hydrogen) atoms. The van der Waals surface area contributed by atoms with E-state index in [0.717, 1.165) is 12.8 Å². The van der Waals surface area contributed by atoms with Crippen LogP contribution < -0.4 is 0 Å². The average Bonchev–Trinajstić information content (AvgIpc) is 3.26. The molecule has 0 spiro atoms. The van der Waals surface area contributed by atoms with Gasteiger partial charge in [0.15, 0.2) is 6.29 Å². The highest BCUT2D eigenvalue weighted by molar-refractivity contribution is 5.69. The lowest BCUT2D eigenvalue weighted by atomic mass is 10.0. The van der Waals surface area contributed by atoms with E-state index in [2.05, 4.69) is 6.92 Å². The molecule has 0 aromatic carbocycles. The Morgan fingerprint density at radius 1 is 0.775 bits per heavy atom. The average molecular weight is 577 g/mol. The first kappa shape index (κ1) is 35.3. The number of ether oxygens (including phenoxy) is 4. The molecule has 0 aromatic heterocycles. The predicted molar refractivity (Wildman–Crippen MR) is 149 cm³/mol. The number of esters is 1. The van der Waals surface area contributed by atoms with Crippen LogP contribution in [0.5, 0.6) is 0 Å². The van der Waals surface area contributed by atoms with Crippen molar-refractivity contribution < 1.29 is 49.3 Å². The van der Waals surface area contributed by atoms with Gasteiger partial charge in [0.05, 0.1) is 25.4 Å². The zero-order valence-corrected chi connectivity index (χ0v) is 24.6. The van der Waals surface area contributed by atoms with Crippen LogP contribution in [0.1, 0.15) is 122 Å². The number of rotatable bonds is 22. The molecule has 2 rings (SSSR count). The number of unbranched alkanes of at least 4 members (excludes halogenated alkanes) is 14. The van der Waals surface area contributed by atoms with Crippen molar-refractivity contribution in [3.8, 4) is 0 Å². The maximum Gasteiger partial charge on any atom is 0.305 e. The highest BCUT2D eigenvalue weighted by Crippen LogP contribution is 2.36. The second-order valence-electron chi connectivity index (χ2n) is 11.6. The Kier molecular flexibility index (Phi) is 17.8. The normalized spacial score (nSPS) is 30.6. The molecule has 236 valence electrons. The lowest BCUT2D eigenvalue weighted by Crippen LogP contribution is -2.57. The van der Waals surface area contributed by atoms with Crippen molar-refractivity contribution in [2.24, 2.45) is 0 Å². The van der Waals surface area contributed by atoms with Crippen molar-refractivity contribution >= 4 is 5.97 Å². The number of aliphatic hydroxyl groups is 5. The molecule has 0 amide bonds. The van der Waals surface area contributed by atoms with Crippen LogP contribution in [-0.2, 0) is 23.7 Å². The number of hydrogen-bond acceptors (Lipinski definition) is 10. The minimum absolute atomic E-state index is 0.0436. The fourth-order valence-corrected chi connectivity index (χ4v) is 5.45. The molecule has 10 nitrogen and oxygen atoms in total. The van der Waals surface area contributed by atoms with Crippen molar-refractivity contribution in [1.29, 1.82) is 0 Å². The second kappa shape index (κ2) is 20.1. The summed E-state index contributed by atoms with van der Waals surface area (Å²) in [4.78, 5) is 12.4. The summed E-state index contributed by atoms with van der Waals surface area (Å²) in [6.07, 6.45) is 12.1. The topological polar surface area (TPSA) is 155 Å². The van der Waals surface area contributed by atoms with Gasteiger partial charge in [-0.15, -0.1) is 0 Å². The standard InChI is InChI=1S/C30H56O10/c1-2-3-4-5-6-7-8-9-10-11-12-13-14-15-16-17-28(36)37-22-30(27(35)18-23(20-31)39-30)40-29-25(34)19-24(33)26(21-32)38-29/h23-27,29,31-35H,2-22H2,1H3/t23?,24?,25?,26-,27?,29?,30+/m1/s1. The molecule has 7 atom stereocenters. The van der Waals surface area contributed by atoms with Gasteiger partial charge in [-0.05, 0) is 6.42 Å². The summed E-state index contributed by atoms with van der Waals surface area (Å²) in [7, 11) is 0. The van der Waals surface area contributed by atoms with Gasteiger partial charge in [0.2, 0.25) is 5.79 Å². The minimum atomic E-state index is -1.84. The van der Waals surface area contributed by atoms with Crippen molar-refractivity contribution in [1.82, 2.24) is 0 Å². The molecule has 0 bridgehead atoms. The third-order valence-electron chi connectivity index (χ3n) is 8.01. The van der Waals surface area contributed by atoms with E-state index in [1.165, 1.54) is 77.0 Å². The molecule has 5 N–H and O–H groups in total. The van der Waals surface area contributed by atoms with Gasteiger partial charge in [-0.2, -0.15) is 0 Å². The molecule has 5 unspecified atom stereocenters. The summed E-state index contributed by atoms with van der Waals surface area (Å²) < 4.78 is 22.4. The van der Waals surface area contributed by atoms with Gasteiger partial charge >= 0.3 is 5.97 Å². The lowest BCUT2D eigenvalue weighted by molar-refractivity contribution is -0.372. The van der Waals surface area contributed by atoms with E-state index in [4.69, 9.17) is 18.9 Å². The van der Waals surface area contributed by atoms with Crippen LogP contribution >= 0.6 is 0 Å². The summed E-state index contributed by atoms with van der Waals surface area (Å²) in [6.45, 7) is 0.945. The zero-order chi connectivity index (χ0) is 29.2. The van der Waals surface area contributed by atoms with Crippen molar-refractivity contribution in [2.45, 2.75) is 165 Å². The van der Waals surface area contributed by atoms with Crippen LogP contribution in [0.4, 0.5) is 0 Å². The number of carbonyl (C=O) groups is 1. The summed E-state index contributed by atoms with van der Waals surface area (Å²) in [5.41, 5.74) is 0. The maximum absolute atomic E-state index is 12.4. The van der Waals surface area contributed by atoms with E-state index in [1.807, 2.05) is 0 Å². The van der Waals surface area contributed by atoms with Crippen molar-refractivity contribution in [2.75, 3.05) is 19.8 Å².